The van der Waals surface area contributed by atoms with Crippen LogP contribution in [0.2, 0.25) is 0 Å². The van der Waals surface area contributed by atoms with Gasteiger partial charge in [-0.2, -0.15) is 5.26 Å². The zero-order valence-corrected chi connectivity index (χ0v) is 9.45. The first kappa shape index (κ1) is 11.5. The SMILES string of the molecule is CN(CC#N)c1ccc(S(C)(=O)=O)cc1. The monoisotopic (exact) mass is 224 g/mol. The summed E-state index contributed by atoms with van der Waals surface area (Å²) in [4.78, 5) is 2.03. The summed E-state index contributed by atoms with van der Waals surface area (Å²) in [6.07, 6.45) is 1.17. The number of benzene rings is 1. The third kappa shape index (κ3) is 2.96. The van der Waals surface area contributed by atoms with Gasteiger partial charge in [0.25, 0.3) is 0 Å². The average Bonchev–Trinajstić information content (AvgIpc) is 2.17. The van der Waals surface area contributed by atoms with Crippen molar-refractivity contribution in [3.63, 3.8) is 0 Å². The Balaban J connectivity index is 2.96. The number of nitriles is 1. The molecule has 0 spiro atoms. The van der Waals surface area contributed by atoms with Crippen molar-refractivity contribution < 1.29 is 8.42 Å². The largest absolute Gasteiger partial charge is 0.361 e. The van der Waals surface area contributed by atoms with Crippen molar-refractivity contribution in [3.8, 4) is 6.07 Å². The summed E-state index contributed by atoms with van der Waals surface area (Å²) >= 11 is 0. The summed E-state index contributed by atoms with van der Waals surface area (Å²) in [6.45, 7) is 0.276. The summed E-state index contributed by atoms with van der Waals surface area (Å²) < 4.78 is 22.3. The van der Waals surface area contributed by atoms with Gasteiger partial charge >= 0.3 is 0 Å². The number of hydrogen-bond acceptors (Lipinski definition) is 4. The summed E-state index contributed by atoms with van der Waals surface area (Å²) in [5.41, 5.74) is 0.823. The standard InChI is InChI=1S/C10H12N2O2S/c1-12(8-7-11)9-3-5-10(6-4-9)15(2,13)14/h3-6H,8H2,1-2H3. The third-order valence-corrected chi connectivity index (χ3v) is 3.14. The minimum atomic E-state index is -3.14. The zero-order chi connectivity index (χ0) is 11.5. The highest BCUT2D eigenvalue weighted by Gasteiger charge is 2.07. The van der Waals surface area contributed by atoms with Crippen molar-refractivity contribution in [1.82, 2.24) is 0 Å². The molecule has 80 valence electrons. The summed E-state index contributed by atoms with van der Waals surface area (Å²) in [7, 11) is -1.36. The van der Waals surface area contributed by atoms with Crippen LogP contribution < -0.4 is 4.90 Å². The first-order valence-corrected chi connectivity index (χ1v) is 6.22. The number of hydrogen-bond donors (Lipinski definition) is 0. The van der Waals surface area contributed by atoms with E-state index in [9.17, 15) is 8.42 Å². The molecule has 0 fully saturated rings. The van der Waals surface area contributed by atoms with Crippen molar-refractivity contribution in [2.75, 3.05) is 24.7 Å². The van der Waals surface area contributed by atoms with Crippen LogP contribution in [0.1, 0.15) is 0 Å². The first-order chi connectivity index (χ1) is 6.95. The number of nitrogens with zero attached hydrogens (tertiary/aromatic N) is 2. The van der Waals surface area contributed by atoms with Crippen LogP contribution in [0.15, 0.2) is 29.2 Å². The molecule has 0 saturated heterocycles. The maximum absolute atomic E-state index is 11.2. The molecule has 0 radical (unpaired) electrons. The Morgan fingerprint density at radius 3 is 2.27 bits per heavy atom. The van der Waals surface area contributed by atoms with Gasteiger partial charge < -0.3 is 4.90 Å². The van der Waals surface area contributed by atoms with Crippen LogP contribution in [-0.2, 0) is 9.84 Å². The molecule has 0 aliphatic carbocycles. The van der Waals surface area contributed by atoms with Gasteiger partial charge in [0.2, 0.25) is 0 Å². The lowest BCUT2D eigenvalue weighted by atomic mass is 10.3. The molecule has 1 rings (SSSR count). The lowest BCUT2D eigenvalue weighted by Crippen LogP contribution is -2.16. The first-order valence-electron chi connectivity index (χ1n) is 4.33. The molecule has 0 aliphatic heterocycles. The van der Waals surface area contributed by atoms with Gasteiger partial charge in [-0.3, -0.25) is 0 Å². The van der Waals surface area contributed by atoms with Gasteiger partial charge in [-0.15, -0.1) is 0 Å². The molecule has 0 heterocycles. The van der Waals surface area contributed by atoms with Crippen molar-refractivity contribution in [1.29, 1.82) is 5.26 Å². The highest BCUT2D eigenvalue weighted by Crippen LogP contribution is 2.16. The van der Waals surface area contributed by atoms with Crippen LogP contribution in [0.5, 0.6) is 0 Å². The predicted octanol–water partition coefficient (Wildman–Crippen LogP) is 1.05. The van der Waals surface area contributed by atoms with Gasteiger partial charge in [0.1, 0.15) is 6.54 Å². The number of sulfone groups is 1. The molecule has 0 aromatic heterocycles. The molecule has 15 heavy (non-hydrogen) atoms. The third-order valence-electron chi connectivity index (χ3n) is 2.01. The lowest BCUT2D eigenvalue weighted by Gasteiger charge is -2.15. The molecule has 1 aromatic rings. The predicted molar refractivity (Wildman–Crippen MR) is 58.4 cm³/mol. The van der Waals surface area contributed by atoms with Crippen molar-refractivity contribution in [2.45, 2.75) is 4.90 Å². The van der Waals surface area contributed by atoms with E-state index in [0.717, 1.165) is 5.69 Å². The van der Waals surface area contributed by atoms with Crippen molar-refractivity contribution >= 4 is 15.5 Å². The second kappa shape index (κ2) is 4.32. The highest BCUT2D eigenvalue weighted by molar-refractivity contribution is 7.90. The average molecular weight is 224 g/mol. The fourth-order valence-electron chi connectivity index (χ4n) is 1.15. The number of anilines is 1. The molecule has 0 atom stereocenters. The molecular weight excluding hydrogens is 212 g/mol. The highest BCUT2D eigenvalue weighted by atomic mass is 32.2. The Hall–Kier alpha value is -1.54. The van der Waals surface area contributed by atoms with E-state index in [-0.39, 0.29) is 11.4 Å². The molecular formula is C10H12N2O2S. The summed E-state index contributed by atoms with van der Waals surface area (Å²) in [6, 6.07) is 8.48. The van der Waals surface area contributed by atoms with Crippen molar-refractivity contribution in [2.24, 2.45) is 0 Å². The number of rotatable bonds is 3. The molecule has 0 bridgehead atoms. The van der Waals surface area contributed by atoms with Crippen LogP contribution in [0.4, 0.5) is 5.69 Å². The van der Waals surface area contributed by atoms with E-state index >= 15 is 0 Å². The second-order valence-corrected chi connectivity index (χ2v) is 5.30. The van der Waals surface area contributed by atoms with Gasteiger partial charge in [-0.25, -0.2) is 8.42 Å². The second-order valence-electron chi connectivity index (χ2n) is 3.28. The molecule has 0 unspecified atom stereocenters. The van der Waals surface area contributed by atoms with E-state index in [4.69, 9.17) is 5.26 Å². The van der Waals surface area contributed by atoms with Crippen LogP contribution in [0, 0.1) is 11.3 Å². The Kier molecular flexibility index (Phi) is 3.32. The molecule has 0 aliphatic rings. The van der Waals surface area contributed by atoms with Gasteiger partial charge in [0.15, 0.2) is 9.84 Å². The van der Waals surface area contributed by atoms with Crippen LogP contribution in [-0.4, -0.2) is 28.3 Å². The topological polar surface area (TPSA) is 61.2 Å². The Bertz CT molecular complexity index is 471. The fraction of sp³-hybridized carbons (Fsp3) is 0.300. The smallest absolute Gasteiger partial charge is 0.175 e. The normalized spacial score (nSPS) is 10.7. The van der Waals surface area contributed by atoms with Gasteiger partial charge in [0.05, 0.1) is 11.0 Å². The van der Waals surface area contributed by atoms with E-state index in [1.54, 1.807) is 36.2 Å². The minimum absolute atomic E-state index is 0.276. The maximum Gasteiger partial charge on any atom is 0.175 e. The Labute approximate surface area is 89.7 Å². The quantitative estimate of drug-likeness (QED) is 0.720. The molecule has 0 N–H and O–H groups in total. The lowest BCUT2D eigenvalue weighted by molar-refractivity contribution is 0.602. The van der Waals surface area contributed by atoms with E-state index in [2.05, 4.69) is 0 Å². The van der Waals surface area contributed by atoms with Crippen LogP contribution in [0.25, 0.3) is 0 Å². The molecule has 0 saturated carbocycles. The zero-order valence-electron chi connectivity index (χ0n) is 8.64. The van der Waals surface area contributed by atoms with E-state index in [1.807, 2.05) is 6.07 Å². The molecule has 5 heteroatoms. The maximum atomic E-state index is 11.2. The molecule has 0 amide bonds. The van der Waals surface area contributed by atoms with Gasteiger partial charge in [0, 0.05) is 19.0 Å². The van der Waals surface area contributed by atoms with Crippen LogP contribution in [0.3, 0.4) is 0 Å². The summed E-state index contributed by atoms with van der Waals surface area (Å²) in [5.74, 6) is 0. The molecule has 1 aromatic carbocycles. The van der Waals surface area contributed by atoms with E-state index in [1.165, 1.54) is 6.26 Å². The Morgan fingerprint density at radius 2 is 1.87 bits per heavy atom. The van der Waals surface area contributed by atoms with E-state index < -0.39 is 9.84 Å². The van der Waals surface area contributed by atoms with Gasteiger partial charge in [-0.1, -0.05) is 0 Å². The minimum Gasteiger partial charge on any atom is -0.361 e. The van der Waals surface area contributed by atoms with Gasteiger partial charge in [-0.05, 0) is 24.3 Å². The summed E-state index contributed by atoms with van der Waals surface area (Å²) in [5, 5.41) is 8.49. The Morgan fingerprint density at radius 1 is 1.33 bits per heavy atom. The van der Waals surface area contributed by atoms with Crippen molar-refractivity contribution in [3.05, 3.63) is 24.3 Å². The van der Waals surface area contributed by atoms with E-state index in [0.29, 0.717) is 0 Å². The fourth-order valence-corrected chi connectivity index (χ4v) is 1.78. The van der Waals surface area contributed by atoms with Crippen LogP contribution >= 0.6 is 0 Å². The molecule has 4 nitrogen and oxygen atoms in total.